The second-order valence-electron chi connectivity index (χ2n) is 7.36. The van der Waals surface area contributed by atoms with E-state index in [-0.39, 0.29) is 6.61 Å². The zero-order valence-corrected chi connectivity index (χ0v) is 19.5. The van der Waals surface area contributed by atoms with Gasteiger partial charge < -0.3 is 9.47 Å². The van der Waals surface area contributed by atoms with Gasteiger partial charge in [0.25, 0.3) is 0 Å². The Morgan fingerprint density at radius 2 is 1.91 bits per heavy atom. The Kier molecular flexibility index (Phi) is 6.93. The van der Waals surface area contributed by atoms with Gasteiger partial charge >= 0.3 is 6.03 Å². The van der Waals surface area contributed by atoms with E-state index in [1.54, 1.807) is 30.0 Å². The quantitative estimate of drug-likeness (QED) is 0.332. The van der Waals surface area contributed by atoms with Gasteiger partial charge in [-0.2, -0.15) is 5.10 Å². The van der Waals surface area contributed by atoms with E-state index in [0.29, 0.717) is 27.8 Å². The Labute approximate surface area is 192 Å². The van der Waals surface area contributed by atoms with Gasteiger partial charge in [0.05, 0.1) is 29.1 Å². The predicted octanol–water partition coefficient (Wildman–Crippen LogP) is 3.55. The molecule has 0 aliphatic rings. The van der Waals surface area contributed by atoms with Gasteiger partial charge in [-0.1, -0.05) is 17.7 Å². The van der Waals surface area contributed by atoms with Gasteiger partial charge in [0.2, 0.25) is 0 Å². The van der Waals surface area contributed by atoms with Crippen molar-refractivity contribution in [3.05, 3.63) is 58.2 Å². The van der Waals surface area contributed by atoms with E-state index in [1.807, 2.05) is 39.1 Å². The molecule has 2 aromatic carbocycles. The summed E-state index contributed by atoms with van der Waals surface area (Å²) in [7, 11) is 4.81. The predicted molar refractivity (Wildman–Crippen MR) is 124 cm³/mol. The van der Waals surface area contributed by atoms with Crippen molar-refractivity contribution in [2.24, 2.45) is 18.7 Å². The van der Waals surface area contributed by atoms with Gasteiger partial charge in [0.1, 0.15) is 23.8 Å². The molecule has 10 heteroatoms. The van der Waals surface area contributed by atoms with Crippen molar-refractivity contribution in [2.75, 3.05) is 19.2 Å². The zero-order valence-electron chi connectivity index (χ0n) is 18.7. The number of carbonyl (C=O) groups is 1. The number of halogens is 1. The molecule has 0 bridgehead atoms. The summed E-state index contributed by atoms with van der Waals surface area (Å²) in [6.45, 7) is 3.98. The van der Waals surface area contributed by atoms with E-state index >= 15 is 0 Å². The third-order valence-electron chi connectivity index (χ3n) is 5.18. The van der Waals surface area contributed by atoms with Crippen LogP contribution in [0.5, 0.6) is 11.5 Å². The number of ether oxygens (including phenoxy) is 2. The third-order valence-corrected chi connectivity index (χ3v) is 5.63. The van der Waals surface area contributed by atoms with Crippen molar-refractivity contribution < 1.29 is 14.3 Å². The molecule has 0 atom stereocenters. The highest BCUT2D eigenvalue weighted by atomic mass is 35.5. The molecule has 0 unspecified atom stereocenters. The van der Waals surface area contributed by atoms with Crippen molar-refractivity contribution in [1.82, 2.24) is 14.8 Å². The number of nitrogens with two attached hydrogens (primary N) is 2. The molecule has 0 saturated carbocycles. The maximum absolute atomic E-state index is 12.3. The Balaban J connectivity index is 1.88. The lowest BCUT2D eigenvalue weighted by atomic mass is 10.1. The number of urea groups is 1. The van der Waals surface area contributed by atoms with E-state index in [0.717, 1.165) is 32.5 Å². The van der Waals surface area contributed by atoms with Crippen LogP contribution in [0.3, 0.4) is 0 Å². The van der Waals surface area contributed by atoms with Crippen LogP contribution in [0.2, 0.25) is 5.02 Å². The fourth-order valence-electron chi connectivity index (χ4n) is 3.26. The molecule has 0 radical (unpaired) electrons. The van der Waals surface area contributed by atoms with E-state index in [2.05, 4.69) is 5.10 Å². The third kappa shape index (κ3) is 4.50. The number of aryl methyl sites for hydroxylation is 2. The Hall–Kier alpha value is -3.27. The first-order chi connectivity index (χ1) is 15.1. The van der Waals surface area contributed by atoms with Crippen LogP contribution in [-0.4, -0.2) is 35.0 Å². The van der Waals surface area contributed by atoms with Crippen LogP contribution in [0.25, 0.3) is 11.3 Å². The number of benzene rings is 2. The number of amides is 2. The normalized spacial score (nSPS) is 10.8. The molecule has 3 aromatic rings. The highest BCUT2D eigenvalue weighted by Crippen LogP contribution is 2.34. The summed E-state index contributed by atoms with van der Waals surface area (Å²) in [5, 5.41) is 6.97. The smallest absolute Gasteiger partial charge is 0.352 e. The summed E-state index contributed by atoms with van der Waals surface area (Å²) < 4.78 is 13.3. The second kappa shape index (κ2) is 9.47. The Morgan fingerprint density at radius 3 is 2.47 bits per heavy atom. The summed E-state index contributed by atoms with van der Waals surface area (Å²) in [6, 6.07) is 10.4. The topological polar surface area (TPSA) is 112 Å². The van der Waals surface area contributed by atoms with Crippen molar-refractivity contribution in [3.8, 4) is 22.8 Å². The van der Waals surface area contributed by atoms with Crippen molar-refractivity contribution in [1.29, 1.82) is 0 Å². The highest BCUT2D eigenvalue weighted by molar-refractivity contribution is 6.33. The largest absolute Gasteiger partial charge is 0.496 e. The van der Waals surface area contributed by atoms with Crippen molar-refractivity contribution >= 4 is 23.3 Å². The first-order valence-electron chi connectivity index (χ1n) is 9.81. The molecule has 1 heterocycles. The average Bonchev–Trinajstić information content (AvgIpc) is 3.04. The van der Waals surface area contributed by atoms with Crippen LogP contribution in [0, 0.1) is 13.8 Å². The van der Waals surface area contributed by atoms with E-state index in [9.17, 15) is 4.79 Å². The fraction of sp³-hybridized carbons (Fsp3) is 0.273. The summed E-state index contributed by atoms with van der Waals surface area (Å²) in [6.07, 6.45) is 0. The number of methoxy groups -OCH3 is 1. The molecular formula is C22H27ClN6O3. The molecule has 4 N–H and O–H groups in total. The zero-order chi connectivity index (χ0) is 23.6. The molecule has 0 saturated heterocycles. The molecule has 3 rings (SSSR count). The Morgan fingerprint density at radius 1 is 1.19 bits per heavy atom. The van der Waals surface area contributed by atoms with E-state index < -0.39 is 6.03 Å². The molecule has 32 heavy (non-hydrogen) atoms. The van der Waals surface area contributed by atoms with Crippen LogP contribution >= 0.6 is 11.6 Å². The van der Waals surface area contributed by atoms with Crippen LogP contribution in [0.15, 0.2) is 36.4 Å². The minimum Gasteiger partial charge on any atom is -0.496 e. The first-order valence-corrected chi connectivity index (χ1v) is 10.2. The van der Waals surface area contributed by atoms with Crippen LogP contribution < -0.4 is 26.2 Å². The van der Waals surface area contributed by atoms with Gasteiger partial charge in [-0.3, -0.25) is 9.69 Å². The lowest BCUT2D eigenvalue weighted by molar-refractivity contribution is 0.216. The van der Waals surface area contributed by atoms with Gasteiger partial charge in [-0.25, -0.2) is 21.5 Å². The van der Waals surface area contributed by atoms with Gasteiger partial charge in [-0.15, -0.1) is 0 Å². The average molecular weight is 459 g/mol. The van der Waals surface area contributed by atoms with Gasteiger partial charge in [0, 0.05) is 19.7 Å². The fourth-order valence-corrected chi connectivity index (χ4v) is 3.53. The molecule has 0 fully saturated rings. The summed E-state index contributed by atoms with van der Waals surface area (Å²) in [5.74, 6) is 12.8. The summed E-state index contributed by atoms with van der Waals surface area (Å²) in [5.41, 5.74) is 4.45. The maximum atomic E-state index is 12.3. The number of rotatable bonds is 6. The molecule has 0 aliphatic carbocycles. The number of carbonyl (C=O) groups excluding carboxylic acids is 1. The standard InChI is InChI=1S/C22H27ClN6O3/c1-13-11-15(21-20(23)14(2)28(4)26-21)9-10-18(13)32-12-16-17(7-6-8-19(16)31-5)29(25)22(30)27(3)24/h6-11H,12,24-25H2,1-5H3. The molecule has 1 aromatic heterocycles. The molecule has 0 spiro atoms. The minimum atomic E-state index is -0.581. The van der Waals surface area contributed by atoms with Gasteiger partial charge in [-0.05, 0) is 49.7 Å². The molecule has 170 valence electrons. The summed E-state index contributed by atoms with van der Waals surface area (Å²) in [4.78, 5) is 12.3. The monoisotopic (exact) mass is 458 g/mol. The number of hydrogen-bond donors (Lipinski definition) is 2. The van der Waals surface area contributed by atoms with Crippen LogP contribution in [-0.2, 0) is 13.7 Å². The number of hydrazine groups is 2. The molecule has 9 nitrogen and oxygen atoms in total. The lowest BCUT2D eigenvalue weighted by Gasteiger charge is -2.24. The SMILES string of the molecule is COc1cccc(N(N)C(=O)N(C)N)c1COc1ccc(-c2nn(C)c(C)c2Cl)cc1C. The second-order valence-corrected chi connectivity index (χ2v) is 7.74. The van der Waals surface area contributed by atoms with E-state index in [1.165, 1.54) is 7.05 Å². The van der Waals surface area contributed by atoms with Crippen molar-refractivity contribution in [2.45, 2.75) is 20.5 Å². The maximum Gasteiger partial charge on any atom is 0.352 e. The van der Waals surface area contributed by atoms with Crippen LogP contribution in [0.1, 0.15) is 16.8 Å². The Bertz CT molecular complexity index is 1140. The molecular weight excluding hydrogens is 432 g/mol. The number of nitrogens with zero attached hydrogens (tertiary/aromatic N) is 4. The van der Waals surface area contributed by atoms with E-state index in [4.69, 9.17) is 32.8 Å². The lowest BCUT2D eigenvalue weighted by Crippen LogP contribution is -2.49. The molecule has 2 amide bonds. The first kappa shape index (κ1) is 23.4. The number of anilines is 1. The summed E-state index contributed by atoms with van der Waals surface area (Å²) >= 11 is 6.43. The van der Waals surface area contributed by atoms with Gasteiger partial charge in [0.15, 0.2) is 0 Å². The number of aromatic nitrogens is 2. The number of hydrogen-bond acceptors (Lipinski definition) is 6. The highest BCUT2D eigenvalue weighted by Gasteiger charge is 2.21. The van der Waals surface area contributed by atoms with Crippen molar-refractivity contribution in [3.63, 3.8) is 0 Å². The molecule has 0 aliphatic heterocycles. The minimum absolute atomic E-state index is 0.123. The van der Waals surface area contributed by atoms with Crippen LogP contribution in [0.4, 0.5) is 10.5 Å².